The number of hydrogen-bond acceptors (Lipinski definition) is 5. The number of nitriles is 1. The molecule has 3 heterocycles. The van der Waals surface area contributed by atoms with Crippen molar-refractivity contribution >= 4 is 53.2 Å². The van der Waals surface area contributed by atoms with Crippen LogP contribution >= 0.6 is 0 Å². The fourth-order valence-electron chi connectivity index (χ4n) is 4.21. The zero-order valence-electron chi connectivity index (χ0n) is 14.6. The number of aromatic hydroxyl groups is 1. The fourth-order valence-corrected chi connectivity index (χ4v) is 4.21. The molecule has 0 radical (unpaired) electrons. The van der Waals surface area contributed by atoms with E-state index in [2.05, 4.69) is 5.32 Å². The van der Waals surface area contributed by atoms with Crippen molar-refractivity contribution in [3.63, 3.8) is 0 Å². The summed E-state index contributed by atoms with van der Waals surface area (Å²) in [7, 11) is 0. The Labute approximate surface area is 188 Å². The fraction of sp³-hybridized carbons (Fsp3) is 0.263. The van der Waals surface area contributed by atoms with Crippen LogP contribution in [-0.4, -0.2) is 86.1 Å². The molecule has 0 unspecified atom stereocenters. The maximum absolute atomic E-state index is 12.7. The molecule has 3 aliphatic rings. The molecule has 0 aromatic heterocycles. The molecule has 4 rings (SSSR count). The molecular formula is C19H17N4NaO5. The third kappa shape index (κ3) is 3.40. The van der Waals surface area contributed by atoms with Gasteiger partial charge in [-0.15, -0.1) is 0 Å². The van der Waals surface area contributed by atoms with Gasteiger partial charge in [0.25, 0.3) is 5.91 Å². The van der Waals surface area contributed by atoms with E-state index in [1.807, 2.05) is 6.07 Å². The molecular weight excluding hydrogens is 387 g/mol. The number of nitrogens with one attached hydrogen (secondary N) is 1. The second-order valence-corrected chi connectivity index (χ2v) is 6.88. The van der Waals surface area contributed by atoms with Gasteiger partial charge >= 0.3 is 41.6 Å². The van der Waals surface area contributed by atoms with Gasteiger partial charge in [0.15, 0.2) is 0 Å². The van der Waals surface area contributed by atoms with E-state index in [0.717, 1.165) is 0 Å². The Kier molecular flexibility index (Phi) is 5.71. The molecule has 10 heteroatoms. The van der Waals surface area contributed by atoms with Crippen LogP contribution in [0.2, 0.25) is 0 Å². The summed E-state index contributed by atoms with van der Waals surface area (Å²) in [5.74, 6) is -1.70. The van der Waals surface area contributed by atoms with Gasteiger partial charge in [-0.05, 0) is 42.3 Å². The van der Waals surface area contributed by atoms with Gasteiger partial charge in [0.05, 0.1) is 12.1 Å². The number of urea groups is 1. The first kappa shape index (κ1) is 20.9. The van der Waals surface area contributed by atoms with Gasteiger partial charge in [0, 0.05) is 24.2 Å². The number of likely N-dealkylation sites (tertiary alicyclic amines) is 1. The molecule has 3 amide bonds. The zero-order valence-corrected chi connectivity index (χ0v) is 14.6. The monoisotopic (exact) mass is 404 g/mol. The first-order chi connectivity index (χ1) is 13.4. The number of benzene rings is 1. The van der Waals surface area contributed by atoms with Crippen LogP contribution in [0.4, 0.5) is 10.5 Å². The Hall–Kier alpha value is -2.80. The summed E-state index contributed by atoms with van der Waals surface area (Å²) in [6, 6.07) is 6.26. The number of hydrogen-bond donors (Lipinski definition) is 3. The number of nitrogens with zero attached hydrogens (tertiary/aromatic N) is 3. The van der Waals surface area contributed by atoms with Gasteiger partial charge in [0.1, 0.15) is 17.5 Å². The molecule has 9 nitrogen and oxygen atoms in total. The number of aliphatic carboxylic acids is 1. The first-order valence-corrected chi connectivity index (χ1v) is 8.64. The van der Waals surface area contributed by atoms with E-state index in [9.17, 15) is 24.6 Å². The summed E-state index contributed by atoms with van der Waals surface area (Å²) in [4.78, 5) is 39.7. The number of carboxylic acids is 1. The van der Waals surface area contributed by atoms with E-state index in [1.54, 1.807) is 12.1 Å². The van der Waals surface area contributed by atoms with Crippen LogP contribution in [0.25, 0.3) is 0 Å². The van der Waals surface area contributed by atoms with E-state index in [1.165, 1.54) is 34.1 Å². The SMILES string of the molecule is N#C/C=C\C1=C(C(=O)O)N2C(=O)[C@@H]3[C@H]2[C@H](C1)CN3C(=O)Nc1ccc(O)cc1.[NaH]. The number of phenolic OH excluding ortho intramolecular Hbond substituents is 1. The van der Waals surface area contributed by atoms with Gasteiger partial charge in [-0.1, -0.05) is 0 Å². The number of carbonyl (C=O) groups is 3. The van der Waals surface area contributed by atoms with E-state index in [0.29, 0.717) is 24.2 Å². The molecule has 1 aromatic rings. The van der Waals surface area contributed by atoms with Gasteiger partial charge in [-0.3, -0.25) is 9.69 Å². The third-order valence-electron chi connectivity index (χ3n) is 5.33. The Morgan fingerprint density at radius 3 is 2.59 bits per heavy atom. The second-order valence-electron chi connectivity index (χ2n) is 6.88. The number of carbonyl (C=O) groups excluding carboxylic acids is 2. The molecule has 0 aliphatic carbocycles. The summed E-state index contributed by atoms with van der Waals surface area (Å²) in [5.41, 5.74) is 0.765. The molecule has 3 aliphatic heterocycles. The van der Waals surface area contributed by atoms with E-state index in [4.69, 9.17) is 5.26 Å². The molecule has 1 aromatic carbocycles. The van der Waals surface area contributed by atoms with Crippen LogP contribution in [0.15, 0.2) is 47.7 Å². The number of rotatable bonds is 3. The summed E-state index contributed by atoms with van der Waals surface area (Å²) in [5, 5.41) is 30.3. The number of phenols is 1. The second kappa shape index (κ2) is 7.91. The van der Waals surface area contributed by atoms with Crippen LogP contribution in [0.3, 0.4) is 0 Å². The van der Waals surface area contributed by atoms with Crippen LogP contribution in [0.1, 0.15) is 6.42 Å². The number of allylic oxidation sites excluding steroid dienone is 3. The quantitative estimate of drug-likeness (QED) is 0.293. The Morgan fingerprint density at radius 2 is 1.97 bits per heavy atom. The predicted octanol–water partition coefficient (Wildman–Crippen LogP) is 0.609. The van der Waals surface area contributed by atoms with Crippen molar-refractivity contribution in [1.29, 1.82) is 5.26 Å². The molecule has 0 saturated carbocycles. The van der Waals surface area contributed by atoms with E-state index in [-0.39, 0.29) is 53.0 Å². The summed E-state index contributed by atoms with van der Waals surface area (Å²) >= 11 is 0. The minimum absolute atomic E-state index is 0. The molecule has 0 spiro atoms. The van der Waals surface area contributed by atoms with E-state index < -0.39 is 23.9 Å². The maximum atomic E-state index is 12.7. The van der Waals surface area contributed by atoms with Crippen molar-refractivity contribution < 1.29 is 24.6 Å². The normalized spacial score (nSPS) is 24.5. The Bertz CT molecular complexity index is 981. The van der Waals surface area contributed by atoms with Crippen LogP contribution in [0, 0.1) is 17.2 Å². The number of carboxylic acid groups (broad SMARTS) is 1. The van der Waals surface area contributed by atoms with Crippen molar-refractivity contribution in [2.24, 2.45) is 5.92 Å². The van der Waals surface area contributed by atoms with Crippen LogP contribution in [-0.2, 0) is 9.59 Å². The number of anilines is 1. The Morgan fingerprint density at radius 1 is 1.28 bits per heavy atom. The van der Waals surface area contributed by atoms with Crippen molar-refractivity contribution in [2.45, 2.75) is 18.5 Å². The van der Waals surface area contributed by atoms with Crippen molar-refractivity contribution in [2.75, 3.05) is 11.9 Å². The standard InChI is InChI=1S/C19H16N4O5.Na.H/c20-7-1-2-10-8-11-9-22(19(28)21-12-3-5-13(24)6-4-12)16-14(11)23(17(16)25)15(10)18(26)27;;/h1-6,11,14,16,24H,8-9H2,(H,21,28)(H,26,27);;/b2-1-;;/t11-,14-,16+;;/m1../s1. The van der Waals surface area contributed by atoms with Gasteiger partial charge in [0.2, 0.25) is 0 Å². The molecule has 0 bridgehead atoms. The van der Waals surface area contributed by atoms with Gasteiger partial charge in [-0.2, -0.15) is 5.26 Å². The molecule has 2 fully saturated rings. The molecule has 3 N–H and O–H groups in total. The molecule has 29 heavy (non-hydrogen) atoms. The topological polar surface area (TPSA) is 134 Å². The predicted molar refractivity (Wildman–Crippen MR) is 103 cm³/mol. The van der Waals surface area contributed by atoms with E-state index >= 15 is 0 Å². The van der Waals surface area contributed by atoms with Crippen molar-refractivity contribution in [1.82, 2.24) is 9.80 Å². The number of amides is 3. The zero-order chi connectivity index (χ0) is 20.0. The first-order valence-electron chi connectivity index (χ1n) is 8.64. The summed E-state index contributed by atoms with van der Waals surface area (Å²) in [6.07, 6.45) is 2.97. The van der Waals surface area contributed by atoms with Crippen LogP contribution in [0.5, 0.6) is 5.75 Å². The van der Waals surface area contributed by atoms with Crippen molar-refractivity contribution in [3.05, 3.63) is 47.7 Å². The third-order valence-corrected chi connectivity index (χ3v) is 5.33. The molecule has 144 valence electrons. The molecule has 2 saturated heterocycles. The summed E-state index contributed by atoms with van der Waals surface area (Å²) in [6.45, 7) is 0.304. The summed E-state index contributed by atoms with van der Waals surface area (Å²) < 4.78 is 0. The average molecular weight is 404 g/mol. The van der Waals surface area contributed by atoms with Crippen LogP contribution < -0.4 is 5.32 Å². The molecule has 3 atom stereocenters. The number of β-lactam (4-membered cyclic amide) rings is 1. The Balaban J connectivity index is 0.00000240. The van der Waals surface area contributed by atoms with Crippen molar-refractivity contribution in [3.8, 4) is 11.8 Å². The van der Waals surface area contributed by atoms with Gasteiger partial charge < -0.3 is 20.4 Å². The minimum atomic E-state index is -1.23. The average Bonchev–Trinajstić information content (AvgIpc) is 3.03. The van der Waals surface area contributed by atoms with Gasteiger partial charge in [-0.25, -0.2) is 9.59 Å².